The van der Waals surface area contributed by atoms with E-state index in [0.29, 0.717) is 25.6 Å². The maximum absolute atomic E-state index is 12.2. The van der Waals surface area contributed by atoms with Gasteiger partial charge in [0.25, 0.3) is 0 Å². The van der Waals surface area contributed by atoms with Crippen LogP contribution in [0.1, 0.15) is 26.2 Å². The average molecular weight is 392 g/mol. The second-order valence-corrected chi connectivity index (χ2v) is 6.19. The first-order valence-corrected chi connectivity index (χ1v) is 8.38. The van der Waals surface area contributed by atoms with Gasteiger partial charge < -0.3 is 15.0 Å². The second-order valence-electron chi connectivity index (χ2n) is 5.27. The van der Waals surface area contributed by atoms with Crippen molar-refractivity contribution in [1.29, 1.82) is 0 Å². The summed E-state index contributed by atoms with van der Waals surface area (Å²) in [5, 5.41) is 3.37. The van der Waals surface area contributed by atoms with Crippen LogP contribution in [0.25, 0.3) is 0 Å². The number of carbonyl (C=O) groups excluding carboxylic acids is 1. The molecule has 1 heterocycles. The molecule has 1 aliphatic rings. The molecular formula is C16H24BrClN2O2. The Balaban J connectivity index is 0.00000242. The molecule has 0 aromatic heterocycles. The third kappa shape index (κ3) is 6.15. The molecule has 0 bridgehead atoms. The molecule has 0 spiro atoms. The molecule has 0 aliphatic carbocycles. The maximum atomic E-state index is 12.2. The van der Waals surface area contributed by atoms with E-state index < -0.39 is 0 Å². The van der Waals surface area contributed by atoms with E-state index in [0.717, 1.165) is 29.7 Å². The molecule has 2 rings (SSSR count). The van der Waals surface area contributed by atoms with Gasteiger partial charge in [-0.2, -0.15) is 0 Å². The minimum Gasteiger partial charge on any atom is -0.492 e. The van der Waals surface area contributed by atoms with Crippen LogP contribution >= 0.6 is 28.3 Å². The van der Waals surface area contributed by atoms with E-state index in [4.69, 9.17) is 4.74 Å². The lowest BCUT2D eigenvalue weighted by molar-refractivity contribution is -0.131. The summed E-state index contributed by atoms with van der Waals surface area (Å²) in [5.74, 6) is 1.05. The Morgan fingerprint density at radius 2 is 2.14 bits per heavy atom. The van der Waals surface area contributed by atoms with Gasteiger partial charge in [0, 0.05) is 23.5 Å². The molecule has 124 valence electrons. The first-order chi connectivity index (χ1) is 10.2. The fourth-order valence-corrected chi connectivity index (χ4v) is 2.80. The molecule has 22 heavy (non-hydrogen) atoms. The van der Waals surface area contributed by atoms with Crippen LogP contribution in [0.5, 0.6) is 5.75 Å². The third-order valence-corrected chi connectivity index (χ3v) is 4.29. The van der Waals surface area contributed by atoms with Crippen LogP contribution in [0.4, 0.5) is 0 Å². The fourth-order valence-electron chi connectivity index (χ4n) is 2.53. The van der Waals surface area contributed by atoms with Crippen LogP contribution in [-0.4, -0.2) is 43.1 Å². The van der Waals surface area contributed by atoms with Crippen LogP contribution < -0.4 is 10.1 Å². The molecule has 1 atom stereocenters. The van der Waals surface area contributed by atoms with E-state index in [1.165, 1.54) is 6.42 Å². The van der Waals surface area contributed by atoms with E-state index in [9.17, 15) is 4.79 Å². The van der Waals surface area contributed by atoms with Crippen LogP contribution in [0.15, 0.2) is 28.7 Å². The minimum absolute atomic E-state index is 0. The number of nitrogens with one attached hydrogen (secondary N) is 1. The molecule has 4 nitrogen and oxygen atoms in total. The van der Waals surface area contributed by atoms with Gasteiger partial charge >= 0.3 is 0 Å². The predicted octanol–water partition coefficient (Wildman–Crippen LogP) is 3.24. The van der Waals surface area contributed by atoms with Gasteiger partial charge in [0.15, 0.2) is 0 Å². The molecule has 0 radical (unpaired) electrons. The van der Waals surface area contributed by atoms with Gasteiger partial charge in [-0.3, -0.25) is 4.79 Å². The summed E-state index contributed by atoms with van der Waals surface area (Å²) in [6.07, 6.45) is 2.89. The normalized spacial score (nSPS) is 16.9. The first-order valence-electron chi connectivity index (χ1n) is 7.58. The number of carbonyl (C=O) groups is 1. The van der Waals surface area contributed by atoms with Crippen LogP contribution in [0.2, 0.25) is 0 Å². The van der Waals surface area contributed by atoms with Crippen molar-refractivity contribution in [1.82, 2.24) is 10.2 Å². The molecule has 1 saturated heterocycles. The lowest BCUT2D eigenvalue weighted by Crippen LogP contribution is -2.38. The van der Waals surface area contributed by atoms with Crippen molar-refractivity contribution >= 4 is 34.2 Å². The zero-order chi connectivity index (χ0) is 15.1. The van der Waals surface area contributed by atoms with E-state index >= 15 is 0 Å². The van der Waals surface area contributed by atoms with Crippen molar-refractivity contribution in [3.05, 3.63) is 28.7 Å². The summed E-state index contributed by atoms with van der Waals surface area (Å²) in [5.41, 5.74) is 0. The van der Waals surface area contributed by atoms with Crippen LogP contribution in [0.3, 0.4) is 0 Å². The summed E-state index contributed by atoms with van der Waals surface area (Å²) < 4.78 is 6.71. The molecule has 1 unspecified atom stereocenters. The van der Waals surface area contributed by atoms with Crippen LogP contribution in [-0.2, 0) is 4.79 Å². The molecule has 1 amide bonds. The Morgan fingerprint density at radius 3 is 2.73 bits per heavy atom. The number of nitrogens with zero attached hydrogens (tertiary/aromatic N) is 1. The molecule has 1 aromatic rings. The highest BCUT2D eigenvalue weighted by atomic mass is 79.9. The number of amides is 1. The molecular weight excluding hydrogens is 368 g/mol. The zero-order valence-electron chi connectivity index (χ0n) is 12.9. The van der Waals surface area contributed by atoms with Gasteiger partial charge in [0.2, 0.25) is 5.91 Å². The van der Waals surface area contributed by atoms with Gasteiger partial charge in [-0.05, 0) is 50.6 Å². The SMILES string of the molecule is CCN(CCOc1ccc(Br)cc1)C(=O)CC1CCCN1.Cl. The lowest BCUT2D eigenvalue weighted by Gasteiger charge is -2.22. The Labute approximate surface area is 147 Å². The smallest absolute Gasteiger partial charge is 0.224 e. The van der Waals surface area contributed by atoms with Gasteiger partial charge in [0.1, 0.15) is 12.4 Å². The number of hydrogen-bond donors (Lipinski definition) is 1. The molecule has 1 N–H and O–H groups in total. The second kappa shape index (κ2) is 10.1. The standard InChI is InChI=1S/C16H23BrN2O2.ClH/c1-2-19(16(20)12-14-4-3-9-18-14)10-11-21-15-7-5-13(17)6-8-15;/h5-8,14,18H,2-4,9-12H2,1H3;1H. The summed E-state index contributed by atoms with van der Waals surface area (Å²) >= 11 is 3.39. The molecule has 1 aliphatic heterocycles. The van der Waals surface area contributed by atoms with Crippen molar-refractivity contribution < 1.29 is 9.53 Å². The number of benzene rings is 1. The Morgan fingerprint density at radius 1 is 1.41 bits per heavy atom. The largest absolute Gasteiger partial charge is 0.492 e. The average Bonchev–Trinajstić information content (AvgIpc) is 2.98. The Kier molecular flexibility index (Phi) is 8.83. The van der Waals surface area contributed by atoms with Crippen molar-refractivity contribution in [2.75, 3.05) is 26.2 Å². The summed E-state index contributed by atoms with van der Waals surface area (Å²) in [4.78, 5) is 14.1. The number of hydrogen-bond acceptors (Lipinski definition) is 3. The highest BCUT2D eigenvalue weighted by Gasteiger charge is 2.20. The zero-order valence-corrected chi connectivity index (χ0v) is 15.3. The van der Waals surface area contributed by atoms with E-state index in [1.807, 2.05) is 36.1 Å². The highest BCUT2D eigenvalue weighted by Crippen LogP contribution is 2.16. The van der Waals surface area contributed by atoms with E-state index in [-0.39, 0.29) is 18.3 Å². The van der Waals surface area contributed by atoms with E-state index in [2.05, 4.69) is 21.2 Å². The quantitative estimate of drug-likeness (QED) is 0.776. The highest BCUT2D eigenvalue weighted by molar-refractivity contribution is 9.10. The summed E-state index contributed by atoms with van der Waals surface area (Å²) in [6.45, 7) is 4.95. The number of rotatable bonds is 7. The minimum atomic E-state index is 0. The monoisotopic (exact) mass is 390 g/mol. The van der Waals surface area contributed by atoms with Crippen molar-refractivity contribution in [2.45, 2.75) is 32.2 Å². The maximum Gasteiger partial charge on any atom is 0.224 e. The van der Waals surface area contributed by atoms with Gasteiger partial charge in [-0.15, -0.1) is 12.4 Å². The lowest BCUT2D eigenvalue weighted by atomic mass is 10.1. The van der Waals surface area contributed by atoms with Crippen molar-refractivity contribution in [3.63, 3.8) is 0 Å². The van der Waals surface area contributed by atoms with Crippen LogP contribution in [0, 0.1) is 0 Å². The molecule has 1 fully saturated rings. The van der Waals surface area contributed by atoms with Crippen molar-refractivity contribution in [2.24, 2.45) is 0 Å². The number of ether oxygens (including phenoxy) is 1. The van der Waals surface area contributed by atoms with Gasteiger partial charge in [-0.1, -0.05) is 15.9 Å². The first kappa shape index (κ1) is 19.3. The van der Waals surface area contributed by atoms with Crippen molar-refractivity contribution in [3.8, 4) is 5.75 Å². The molecule has 0 saturated carbocycles. The van der Waals surface area contributed by atoms with Gasteiger partial charge in [-0.25, -0.2) is 0 Å². The van der Waals surface area contributed by atoms with Gasteiger partial charge in [0.05, 0.1) is 6.54 Å². The summed E-state index contributed by atoms with van der Waals surface area (Å²) in [6, 6.07) is 8.10. The third-order valence-electron chi connectivity index (χ3n) is 3.76. The topological polar surface area (TPSA) is 41.6 Å². The predicted molar refractivity (Wildman–Crippen MR) is 94.8 cm³/mol. The van der Waals surface area contributed by atoms with E-state index in [1.54, 1.807) is 0 Å². The Hall–Kier alpha value is -0.780. The number of halogens is 2. The fraction of sp³-hybridized carbons (Fsp3) is 0.562. The molecule has 6 heteroatoms. The summed E-state index contributed by atoms with van der Waals surface area (Å²) in [7, 11) is 0. The molecule has 1 aromatic carbocycles. The number of likely N-dealkylation sites (N-methyl/N-ethyl adjacent to an activating group) is 1. The Bertz CT molecular complexity index is 450.